The molecule has 5 heteroatoms. The van der Waals surface area contributed by atoms with Crippen LogP contribution in [0.3, 0.4) is 0 Å². The van der Waals surface area contributed by atoms with Gasteiger partial charge in [-0.15, -0.1) is 0 Å². The molecule has 0 bridgehead atoms. The molecular weight excluding hydrogens is 258 g/mol. The van der Waals surface area contributed by atoms with Crippen molar-refractivity contribution in [3.8, 4) is 0 Å². The number of anilines is 1. The van der Waals surface area contributed by atoms with Crippen LogP contribution in [0.5, 0.6) is 0 Å². The summed E-state index contributed by atoms with van der Waals surface area (Å²) < 4.78 is 0. The third-order valence-corrected chi connectivity index (χ3v) is 3.85. The van der Waals surface area contributed by atoms with Crippen molar-refractivity contribution in [2.75, 3.05) is 18.4 Å². The van der Waals surface area contributed by atoms with Crippen LogP contribution in [0.15, 0.2) is 24.3 Å². The second kappa shape index (κ2) is 6.02. The summed E-state index contributed by atoms with van der Waals surface area (Å²) in [6.45, 7) is 3.62. The molecule has 0 unspecified atom stereocenters. The maximum absolute atomic E-state index is 11.1. The number of nitrogens with zero attached hydrogens (tertiary/aromatic N) is 1. The number of hydrogen-bond acceptors (Lipinski definition) is 2. The lowest BCUT2D eigenvalue weighted by Gasteiger charge is -2.32. The van der Waals surface area contributed by atoms with Gasteiger partial charge in [0.05, 0.1) is 0 Å². The lowest BCUT2D eigenvalue weighted by atomic mass is 9.97. The van der Waals surface area contributed by atoms with Crippen LogP contribution in [0.4, 0.5) is 5.69 Å². The number of nitrogens with one attached hydrogen (secondary N) is 1. The number of aryl methyl sites for hydroxylation is 1. The first-order chi connectivity index (χ1) is 9.06. The second-order valence-corrected chi connectivity index (χ2v) is 5.35. The summed E-state index contributed by atoms with van der Waals surface area (Å²) in [6.07, 6.45) is 1.57. The topological polar surface area (TPSA) is 58.4 Å². The maximum atomic E-state index is 11.1. The van der Waals surface area contributed by atoms with E-state index in [1.54, 1.807) is 0 Å². The van der Waals surface area contributed by atoms with Crippen LogP contribution >= 0.6 is 12.2 Å². The zero-order chi connectivity index (χ0) is 13.8. The molecule has 0 aromatic heterocycles. The van der Waals surface area contributed by atoms with Crippen molar-refractivity contribution < 1.29 is 4.79 Å². The Morgan fingerprint density at radius 3 is 2.42 bits per heavy atom. The van der Waals surface area contributed by atoms with Gasteiger partial charge in [-0.05, 0) is 44.1 Å². The molecule has 1 aromatic rings. The van der Waals surface area contributed by atoms with E-state index in [1.165, 1.54) is 5.56 Å². The fourth-order valence-corrected chi connectivity index (χ4v) is 2.51. The number of rotatable bonds is 2. The Morgan fingerprint density at radius 1 is 1.32 bits per heavy atom. The Balaban J connectivity index is 1.88. The van der Waals surface area contributed by atoms with Crippen molar-refractivity contribution in [1.82, 2.24) is 4.90 Å². The predicted octanol–water partition coefficient (Wildman–Crippen LogP) is 1.89. The van der Waals surface area contributed by atoms with Crippen LogP contribution < -0.4 is 11.1 Å². The molecule has 1 amide bonds. The van der Waals surface area contributed by atoms with E-state index in [9.17, 15) is 4.79 Å². The first kappa shape index (κ1) is 13.8. The summed E-state index contributed by atoms with van der Waals surface area (Å²) in [4.78, 5) is 13.2. The first-order valence-electron chi connectivity index (χ1n) is 6.48. The van der Waals surface area contributed by atoms with Crippen molar-refractivity contribution in [3.05, 3.63) is 29.8 Å². The average Bonchev–Trinajstić information content (AvgIpc) is 2.41. The molecule has 1 saturated heterocycles. The summed E-state index contributed by atoms with van der Waals surface area (Å²) in [7, 11) is 0. The zero-order valence-electron chi connectivity index (χ0n) is 11.1. The molecule has 0 radical (unpaired) electrons. The minimum Gasteiger partial charge on any atom is -0.369 e. The van der Waals surface area contributed by atoms with E-state index in [2.05, 4.69) is 17.1 Å². The molecule has 1 aliphatic heterocycles. The number of nitrogens with two attached hydrogens (primary N) is 1. The predicted molar refractivity (Wildman–Crippen MR) is 80.9 cm³/mol. The molecule has 1 aromatic carbocycles. The highest BCUT2D eigenvalue weighted by Gasteiger charge is 2.24. The number of likely N-dealkylation sites (tertiary alicyclic amines) is 1. The summed E-state index contributed by atoms with van der Waals surface area (Å²) in [5.74, 6) is -0.199. The molecule has 0 saturated carbocycles. The van der Waals surface area contributed by atoms with Gasteiger partial charge in [0, 0.05) is 24.7 Å². The number of piperidine rings is 1. The summed E-state index contributed by atoms with van der Waals surface area (Å²) in [5, 5.41) is 3.94. The van der Waals surface area contributed by atoms with Crippen LogP contribution in [-0.2, 0) is 4.79 Å². The molecular formula is C14H19N3OS. The molecule has 2 rings (SSSR count). The molecule has 0 aliphatic carbocycles. The van der Waals surface area contributed by atoms with Gasteiger partial charge >= 0.3 is 0 Å². The third-order valence-electron chi connectivity index (χ3n) is 3.49. The van der Waals surface area contributed by atoms with Crippen molar-refractivity contribution >= 4 is 28.9 Å². The first-order valence-corrected chi connectivity index (χ1v) is 6.89. The summed E-state index contributed by atoms with van der Waals surface area (Å²) >= 11 is 5.39. The number of hydrogen-bond donors (Lipinski definition) is 2. The number of amides is 1. The number of carbonyl (C=O) groups excluding carboxylic acids is 1. The standard InChI is InChI=1S/C14H19N3OS/c1-10-2-4-12(5-3-10)16-14(19)17-8-6-11(7-9-17)13(15)18/h2-5,11H,6-9H2,1H3,(H2,15,18)(H,16,19). The van der Waals surface area contributed by atoms with E-state index in [4.69, 9.17) is 18.0 Å². The van der Waals surface area contributed by atoms with Crippen LogP contribution in [0.1, 0.15) is 18.4 Å². The number of primary amides is 1. The average molecular weight is 277 g/mol. The SMILES string of the molecule is Cc1ccc(NC(=S)N2CCC(C(N)=O)CC2)cc1. The summed E-state index contributed by atoms with van der Waals surface area (Å²) in [6, 6.07) is 8.12. The maximum Gasteiger partial charge on any atom is 0.220 e. The fourth-order valence-electron chi connectivity index (χ4n) is 2.21. The van der Waals surface area contributed by atoms with Crippen molar-refractivity contribution in [1.29, 1.82) is 0 Å². The lowest BCUT2D eigenvalue weighted by molar-refractivity contribution is -0.122. The molecule has 1 fully saturated rings. The van der Waals surface area contributed by atoms with Crippen LogP contribution in [0, 0.1) is 12.8 Å². The monoisotopic (exact) mass is 277 g/mol. The van der Waals surface area contributed by atoms with Crippen molar-refractivity contribution in [2.45, 2.75) is 19.8 Å². The van der Waals surface area contributed by atoms with E-state index in [0.29, 0.717) is 5.11 Å². The lowest BCUT2D eigenvalue weighted by Crippen LogP contribution is -2.43. The van der Waals surface area contributed by atoms with E-state index in [0.717, 1.165) is 31.6 Å². The Morgan fingerprint density at radius 2 is 1.89 bits per heavy atom. The quantitative estimate of drug-likeness (QED) is 0.811. The number of thiocarbonyl (C=S) groups is 1. The van der Waals surface area contributed by atoms with Gasteiger partial charge < -0.3 is 16.0 Å². The molecule has 4 nitrogen and oxygen atoms in total. The fraction of sp³-hybridized carbons (Fsp3) is 0.429. The molecule has 0 atom stereocenters. The summed E-state index contributed by atoms with van der Waals surface area (Å²) in [5.41, 5.74) is 7.53. The minimum absolute atomic E-state index is 0.00146. The smallest absolute Gasteiger partial charge is 0.220 e. The Kier molecular flexibility index (Phi) is 4.37. The van der Waals surface area contributed by atoms with Crippen LogP contribution in [0.2, 0.25) is 0 Å². The Bertz CT molecular complexity index is 464. The van der Waals surface area contributed by atoms with Crippen molar-refractivity contribution in [3.63, 3.8) is 0 Å². The van der Waals surface area contributed by atoms with Gasteiger partial charge in [-0.1, -0.05) is 17.7 Å². The second-order valence-electron chi connectivity index (χ2n) is 4.96. The molecule has 102 valence electrons. The van der Waals surface area contributed by atoms with E-state index >= 15 is 0 Å². The molecule has 3 N–H and O–H groups in total. The third kappa shape index (κ3) is 3.67. The van der Waals surface area contributed by atoms with Gasteiger partial charge in [0.1, 0.15) is 0 Å². The Hall–Kier alpha value is -1.62. The Labute approximate surface area is 119 Å². The highest BCUT2D eigenvalue weighted by Crippen LogP contribution is 2.18. The van der Waals surface area contributed by atoms with Crippen LogP contribution in [-0.4, -0.2) is 29.0 Å². The van der Waals surface area contributed by atoms with Crippen LogP contribution in [0.25, 0.3) is 0 Å². The van der Waals surface area contributed by atoms with Gasteiger partial charge in [-0.2, -0.15) is 0 Å². The molecule has 0 spiro atoms. The van der Waals surface area contributed by atoms with Gasteiger partial charge in [0.2, 0.25) is 5.91 Å². The van der Waals surface area contributed by atoms with E-state index in [-0.39, 0.29) is 11.8 Å². The van der Waals surface area contributed by atoms with Gasteiger partial charge in [0.15, 0.2) is 5.11 Å². The molecule has 1 heterocycles. The zero-order valence-corrected chi connectivity index (χ0v) is 11.9. The van der Waals surface area contributed by atoms with E-state index in [1.807, 2.05) is 24.3 Å². The van der Waals surface area contributed by atoms with Gasteiger partial charge in [0.25, 0.3) is 0 Å². The van der Waals surface area contributed by atoms with Gasteiger partial charge in [-0.25, -0.2) is 0 Å². The normalized spacial score (nSPS) is 16.2. The highest BCUT2D eigenvalue weighted by molar-refractivity contribution is 7.80. The number of benzene rings is 1. The molecule has 1 aliphatic rings. The van der Waals surface area contributed by atoms with Crippen molar-refractivity contribution in [2.24, 2.45) is 11.7 Å². The largest absolute Gasteiger partial charge is 0.369 e. The molecule has 19 heavy (non-hydrogen) atoms. The number of carbonyl (C=O) groups is 1. The highest BCUT2D eigenvalue weighted by atomic mass is 32.1. The van der Waals surface area contributed by atoms with Gasteiger partial charge in [-0.3, -0.25) is 4.79 Å². The minimum atomic E-state index is -0.197. The van der Waals surface area contributed by atoms with E-state index < -0.39 is 0 Å².